The van der Waals surface area contributed by atoms with Crippen molar-refractivity contribution in [3.05, 3.63) is 46.5 Å². The van der Waals surface area contributed by atoms with E-state index in [9.17, 15) is 4.79 Å². The largest absolute Gasteiger partial charge is 0.492 e. The van der Waals surface area contributed by atoms with E-state index < -0.39 is 0 Å². The number of halogens is 1. The van der Waals surface area contributed by atoms with Crippen LogP contribution in [-0.2, 0) is 11.2 Å². The Morgan fingerprint density at radius 2 is 2.12 bits per heavy atom. The molecule has 0 spiro atoms. The predicted molar refractivity (Wildman–Crippen MR) is 102 cm³/mol. The Morgan fingerprint density at radius 1 is 1.31 bits per heavy atom. The van der Waals surface area contributed by atoms with Gasteiger partial charge >= 0.3 is 0 Å². The van der Waals surface area contributed by atoms with E-state index in [1.54, 1.807) is 18.2 Å². The molecule has 1 aliphatic heterocycles. The molecule has 138 valence electrons. The number of hydrogen-bond donors (Lipinski definition) is 1. The molecular formula is C20H22ClNO4. The van der Waals surface area contributed by atoms with Gasteiger partial charge in [0.2, 0.25) is 0 Å². The minimum absolute atomic E-state index is 0.110. The molecule has 0 fully saturated rings. The van der Waals surface area contributed by atoms with Crippen molar-refractivity contribution in [2.24, 2.45) is 0 Å². The zero-order chi connectivity index (χ0) is 18.7. The molecule has 0 saturated carbocycles. The van der Waals surface area contributed by atoms with Crippen LogP contribution in [0.5, 0.6) is 17.2 Å². The molecule has 1 amide bonds. The van der Waals surface area contributed by atoms with E-state index in [1.807, 2.05) is 32.9 Å². The smallest absolute Gasteiger partial charge is 0.262 e. The van der Waals surface area contributed by atoms with Crippen molar-refractivity contribution in [3.63, 3.8) is 0 Å². The number of nitrogens with one attached hydrogen (secondary N) is 1. The molecule has 5 nitrogen and oxygen atoms in total. The van der Waals surface area contributed by atoms with Gasteiger partial charge in [-0.3, -0.25) is 4.79 Å². The number of ether oxygens (including phenoxy) is 3. The second kappa shape index (κ2) is 7.87. The molecule has 1 aliphatic rings. The first-order chi connectivity index (χ1) is 12.5. The van der Waals surface area contributed by atoms with Crippen LogP contribution in [0.4, 0.5) is 5.69 Å². The van der Waals surface area contributed by atoms with E-state index in [1.165, 1.54) is 0 Å². The topological polar surface area (TPSA) is 56.8 Å². The first-order valence-corrected chi connectivity index (χ1v) is 8.99. The molecular weight excluding hydrogens is 354 g/mol. The highest BCUT2D eigenvalue weighted by Crippen LogP contribution is 2.38. The Labute approximate surface area is 158 Å². The maximum absolute atomic E-state index is 12.3. The minimum Gasteiger partial charge on any atom is -0.492 e. The molecule has 6 heteroatoms. The van der Waals surface area contributed by atoms with E-state index in [4.69, 9.17) is 25.8 Å². The zero-order valence-corrected chi connectivity index (χ0v) is 15.9. The van der Waals surface area contributed by atoms with Gasteiger partial charge in [0.1, 0.15) is 23.4 Å². The number of hydrogen-bond acceptors (Lipinski definition) is 4. The minimum atomic E-state index is -0.274. The van der Waals surface area contributed by atoms with E-state index >= 15 is 0 Å². The lowest BCUT2D eigenvalue weighted by molar-refractivity contribution is -0.118. The summed E-state index contributed by atoms with van der Waals surface area (Å²) in [4.78, 5) is 12.3. The third kappa shape index (κ3) is 4.22. The Morgan fingerprint density at radius 3 is 2.85 bits per heavy atom. The van der Waals surface area contributed by atoms with Crippen LogP contribution in [0.2, 0.25) is 5.02 Å². The number of aryl methyl sites for hydroxylation is 1. The number of carbonyl (C=O) groups is 1. The van der Waals surface area contributed by atoms with Gasteiger partial charge in [0.25, 0.3) is 5.91 Å². The van der Waals surface area contributed by atoms with Gasteiger partial charge in [0.05, 0.1) is 12.3 Å². The number of amides is 1. The van der Waals surface area contributed by atoms with Crippen LogP contribution in [0.3, 0.4) is 0 Å². The summed E-state index contributed by atoms with van der Waals surface area (Å²) in [6, 6.07) is 9.02. The van der Waals surface area contributed by atoms with Crippen LogP contribution >= 0.6 is 11.6 Å². The van der Waals surface area contributed by atoms with Crippen LogP contribution in [0, 0.1) is 6.92 Å². The van der Waals surface area contributed by atoms with Crippen LogP contribution in [-0.4, -0.2) is 25.2 Å². The average molecular weight is 376 g/mol. The first-order valence-electron chi connectivity index (χ1n) is 8.61. The second-order valence-electron chi connectivity index (χ2n) is 6.27. The lowest BCUT2D eigenvalue weighted by Gasteiger charge is -2.14. The third-order valence-corrected chi connectivity index (χ3v) is 4.50. The van der Waals surface area contributed by atoms with Crippen LogP contribution in [0.1, 0.15) is 25.0 Å². The van der Waals surface area contributed by atoms with E-state index in [0.29, 0.717) is 28.8 Å². The van der Waals surface area contributed by atoms with Crippen LogP contribution < -0.4 is 19.5 Å². The highest BCUT2D eigenvalue weighted by Gasteiger charge is 2.22. The molecule has 1 unspecified atom stereocenters. The van der Waals surface area contributed by atoms with Crippen molar-refractivity contribution in [2.45, 2.75) is 33.3 Å². The summed E-state index contributed by atoms with van der Waals surface area (Å²) in [5.74, 6) is 1.74. The van der Waals surface area contributed by atoms with Gasteiger partial charge in [-0.15, -0.1) is 0 Å². The fraction of sp³-hybridized carbons (Fsp3) is 0.350. The van der Waals surface area contributed by atoms with Gasteiger partial charge in [0, 0.05) is 23.1 Å². The molecule has 0 aromatic heterocycles. The van der Waals surface area contributed by atoms with Crippen molar-refractivity contribution in [1.29, 1.82) is 0 Å². The van der Waals surface area contributed by atoms with Gasteiger partial charge in [-0.1, -0.05) is 11.6 Å². The molecule has 3 rings (SSSR count). The molecule has 1 N–H and O–H groups in total. The predicted octanol–water partition coefficient (Wildman–Crippen LogP) is 4.39. The maximum Gasteiger partial charge on any atom is 0.262 e. The standard InChI is InChI=1S/C20H22ClNO4/c1-4-24-19-9-14-8-13(3)26-18(14)10-17(19)22-20(23)11-25-15-5-6-16(21)12(2)7-15/h5-7,9-10,13H,4,8,11H2,1-3H3,(H,22,23). The summed E-state index contributed by atoms with van der Waals surface area (Å²) in [6.45, 7) is 6.21. The van der Waals surface area contributed by atoms with Gasteiger partial charge in [0.15, 0.2) is 6.61 Å². The van der Waals surface area contributed by atoms with Crippen molar-refractivity contribution in [1.82, 2.24) is 0 Å². The number of rotatable bonds is 6. The average Bonchev–Trinajstić information content (AvgIpc) is 2.95. The fourth-order valence-corrected chi connectivity index (χ4v) is 2.97. The van der Waals surface area contributed by atoms with E-state index in [-0.39, 0.29) is 18.6 Å². The van der Waals surface area contributed by atoms with Crippen LogP contribution in [0.15, 0.2) is 30.3 Å². The molecule has 0 aliphatic carbocycles. The summed E-state index contributed by atoms with van der Waals surface area (Å²) in [7, 11) is 0. The molecule has 26 heavy (non-hydrogen) atoms. The number of benzene rings is 2. The highest BCUT2D eigenvalue weighted by atomic mass is 35.5. The quantitative estimate of drug-likeness (QED) is 0.813. The second-order valence-corrected chi connectivity index (χ2v) is 6.68. The molecule has 0 radical (unpaired) electrons. The van der Waals surface area contributed by atoms with Gasteiger partial charge in [-0.25, -0.2) is 0 Å². The normalized spacial score (nSPS) is 15.2. The zero-order valence-electron chi connectivity index (χ0n) is 15.1. The lowest BCUT2D eigenvalue weighted by Crippen LogP contribution is -2.20. The Kier molecular flexibility index (Phi) is 5.57. The van der Waals surface area contributed by atoms with Crippen molar-refractivity contribution in [2.75, 3.05) is 18.5 Å². The van der Waals surface area contributed by atoms with E-state index in [2.05, 4.69) is 5.32 Å². The first kappa shape index (κ1) is 18.4. The molecule has 0 bridgehead atoms. The summed E-state index contributed by atoms with van der Waals surface area (Å²) in [6.07, 6.45) is 0.963. The molecule has 0 saturated heterocycles. The lowest BCUT2D eigenvalue weighted by atomic mass is 10.1. The summed E-state index contributed by atoms with van der Waals surface area (Å²) < 4.78 is 17.0. The van der Waals surface area contributed by atoms with Crippen LogP contribution in [0.25, 0.3) is 0 Å². The SMILES string of the molecule is CCOc1cc2c(cc1NC(=O)COc1ccc(Cl)c(C)c1)OC(C)C2. The monoisotopic (exact) mass is 375 g/mol. The summed E-state index contributed by atoms with van der Waals surface area (Å²) in [5, 5.41) is 3.50. The molecule has 2 aromatic rings. The third-order valence-electron chi connectivity index (χ3n) is 4.07. The molecule has 1 atom stereocenters. The van der Waals surface area contributed by atoms with Gasteiger partial charge < -0.3 is 19.5 Å². The Hall–Kier alpha value is -2.40. The van der Waals surface area contributed by atoms with E-state index in [0.717, 1.165) is 23.3 Å². The van der Waals surface area contributed by atoms with Crippen molar-refractivity contribution >= 4 is 23.2 Å². The highest BCUT2D eigenvalue weighted by molar-refractivity contribution is 6.31. The molecule has 2 aromatic carbocycles. The van der Waals surface area contributed by atoms with Crippen molar-refractivity contribution in [3.8, 4) is 17.2 Å². The summed E-state index contributed by atoms with van der Waals surface area (Å²) in [5.41, 5.74) is 2.57. The van der Waals surface area contributed by atoms with Crippen molar-refractivity contribution < 1.29 is 19.0 Å². The maximum atomic E-state index is 12.3. The Bertz CT molecular complexity index is 822. The number of carbonyl (C=O) groups excluding carboxylic acids is 1. The Balaban J connectivity index is 1.68. The van der Waals surface area contributed by atoms with Gasteiger partial charge in [-0.05, 0) is 50.6 Å². The fourth-order valence-electron chi connectivity index (χ4n) is 2.85. The van der Waals surface area contributed by atoms with Gasteiger partial charge in [-0.2, -0.15) is 0 Å². The molecule has 1 heterocycles. The number of fused-ring (bicyclic) bond motifs is 1. The summed E-state index contributed by atoms with van der Waals surface area (Å²) >= 11 is 5.99. The number of anilines is 1.